The maximum atomic E-state index is 12.6. The Balaban J connectivity index is 1.98. The first-order chi connectivity index (χ1) is 12.5. The van der Waals surface area contributed by atoms with E-state index in [1.54, 1.807) is 43.0 Å². The lowest BCUT2D eigenvalue weighted by atomic mass is 10.0. The second kappa shape index (κ2) is 9.79. The molecule has 2 rings (SSSR count). The Morgan fingerprint density at radius 2 is 2.04 bits per heavy atom. The average Bonchev–Trinajstić information content (AvgIpc) is 2.66. The summed E-state index contributed by atoms with van der Waals surface area (Å²) in [7, 11) is 0. The van der Waals surface area contributed by atoms with Crippen LogP contribution in [0.4, 0.5) is 5.69 Å². The van der Waals surface area contributed by atoms with Crippen LogP contribution in [0.3, 0.4) is 0 Å². The maximum Gasteiger partial charge on any atom is 0.344 e. The minimum Gasteiger partial charge on any atom is -0.482 e. The molecule has 1 aliphatic rings. The van der Waals surface area contributed by atoms with Gasteiger partial charge in [0.15, 0.2) is 6.61 Å². The number of hydrogen-bond donors (Lipinski definition) is 1. The standard InChI is InChI=1S/C19H26N2O5/c1-3-17(22)21-11-6-5-10-16(21)19(24)20-14-8-7-9-15(12-14)26-13-18(23)25-4-2/h7-9,12,16H,3-6,10-11,13H2,1-2H3,(H,20,24). The van der Waals surface area contributed by atoms with E-state index >= 15 is 0 Å². The molecule has 7 heteroatoms. The van der Waals surface area contributed by atoms with E-state index in [4.69, 9.17) is 9.47 Å². The highest BCUT2D eigenvalue weighted by molar-refractivity contribution is 5.97. The molecule has 1 fully saturated rings. The van der Waals surface area contributed by atoms with Crippen molar-refractivity contribution < 1.29 is 23.9 Å². The molecule has 0 spiro atoms. The van der Waals surface area contributed by atoms with Gasteiger partial charge in [0.25, 0.3) is 0 Å². The van der Waals surface area contributed by atoms with Crippen molar-refractivity contribution in [3.8, 4) is 5.75 Å². The van der Waals surface area contributed by atoms with Gasteiger partial charge in [0.1, 0.15) is 11.8 Å². The minimum atomic E-state index is -0.446. The summed E-state index contributed by atoms with van der Waals surface area (Å²) < 4.78 is 10.2. The summed E-state index contributed by atoms with van der Waals surface area (Å²) in [6.45, 7) is 4.26. The first kappa shape index (κ1) is 19.8. The average molecular weight is 362 g/mol. The molecule has 1 unspecified atom stereocenters. The highest BCUT2D eigenvalue weighted by Gasteiger charge is 2.31. The van der Waals surface area contributed by atoms with Crippen molar-refractivity contribution >= 4 is 23.5 Å². The van der Waals surface area contributed by atoms with Crippen LogP contribution in [0.2, 0.25) is 0 Å². The number of hydrogen-bond acceptors (Lipinski definition) is 5. The number of rotatable bonds is 7. The lowest BCUT2D eigenvalue weighted by molar-refractivity contribution is -0.145. The summed E-state index contributed by atoms with van der Waals surface area (Å²) in [6, 6.07) is 6.37. The third-order valence-corrected chi connectivity index (χ3v) is 4.19. The quantitative estimate of drug-likeness (QED) is 0.753. The van der Waals surface area contributed by atoms with Crippen LogP contribution in [0.25, 0.3) is 0 Å². The Morgan fingerprint density at radius 3 is 2.77 bits per heavy atom. The van der Waals surface area contributed by atoms with Gasteiger partial charge in [-0.05, 0) is 38.3 Å². The first-order valence-corrected chi connectivity index (χ1v) is 9.04. The number of carbonyl (C=O) groups is 3. The normalized spacial score (nSPS) is 16.7. The number of likely N-dealkylation sites (tertiary alicyclic amines) is 1. The highest BCUT2D eigenvalue weighted by atomic mass is 16.6. The molecule has 1 aliphatic heterocycles. The Kier molecular flexibility index (Phi) is 7.44. The van der Waals surface area contributed by atoms with Gasteiger partial charge in [0, 0.05) is 24.7 Å². The fourth-order valence-corrected chi connectivity index (χ4v) is 2.94. The summed E-state index contributed by atoms with van der Waals surface area (Å²) in [5.74, 6) is -0.190. The van der Waals surface area contributed by atoms with Crippen LogP contribution in [0.15, 0.2) is 24.3 Å². The van der Waals surface area contributed by atoms with Crippen LogP contribution in [0.5, 0.6) is 5.75 Å². The van der Waals surface area contributed by atoms with Crippen molar-refractivity contribution in [2.24, 2.45) is 0 Å². The molecule has 0 aromatic heterocycles. The molecule has 2 amide bonds. The predicted molar refractivity (Wildman–Crippen MR) is 96.8 cm³/mol. The van der Waals surface area contributed by atoms with Gasteiger partial charge in [-0.25, -0.2) is 4.79 Å². The van der Waals surface area contributed by atoms with Crippen LogP contribution in [0, 0.1) is 0 Å². The van der Waals surface area contributed by atoms with Crippen molar-refractivity contribution in [1.29, 1.82) is 0 Å². The van der Waals surface area contributed by atoms with E-state index in [1.165, 1.54) is 0 Å². The zero-order chi connectivity index (χ0) is 18.9. The number of piperidine rings is 1. The Hall–Kier alpha value is -2.57. The number of esters is 1. The van der Waals surface area contributed by atoms with Crippen LogP contribution >= 0.6 is 0 Å². The molecule has 142 valence electrons. The molecule has 7 nitrogen and oxygen atoms in total. The van der Waals surface area contributed by atoms with E-state index in [-0.39, 0.29) is 18.4 Å². The van der Waals surface area contributed by atoms with Crippen molar-refractivity contribution in [3.63, 3.8) is 0 Å². The van der Waals surface area contributed by atoms with Crippen LogP contribution in [-0.2, 0) is 19.1 Å². The molecular formula is C19H26N2O5. The largest absolute Gasteiger partial charge is 0.482 e. The molecule has 0 bridgehead atoms. The van der Waals surface area contributed by atoms with E-state index in [0.717, 1.165) is 12.8 Å². The summed E-state index contributed by atoms with van der Waals surface area (Å²) in [5.41, 5.74) is 0.561. The molecule has 1 aromatic rings. The molecule has 1 N–H and O–H groups in total. The van der Waals surface area contributed by atoms with Gasteiger partial charge in [-0.1, -0.05) is 13.0 Å². The fourth-order valence-electron chi connectivity index (χ4n) is 2.94. The maximum absolute atomic E-state index is 12.6. The third-order valence-electron chi connectivity index (χ3n) is 4.19. The van der Waals surface area contributed by atoms with Gasteiger partial charge in [-0.15, -0.1) is 0 Å². The molecule has 26 heavy (non-hydrogen) atoms. The van der Waals surface area contributed by atoms with Gasteiger partial charge in [0.05, 0.1) is 6.61 Å². The highest BCUT2D eigenvalue weighted by Crippen LogP contribution is 2.22. The van der Waals surface area contributed by atoms with Crippen LogP contribution in [-0.4, -0.2) is 48.5 Å². The molecule has 1 heterocycles. The number of nitrogens with one attached hydrogen (secondary N) is 1. The van der Waals surface area contributed by atoms with Crippen molar-refractivity contribution in [1.82, 2.24) is 4.90 Å². The zero-order valence-electron chi connectivity index (χ0n) is 15.3. The van der Waals surface area contributed by atoms with Gasteiger partial charge in [-0.2, -0.15) is 0 Å². The molecule has 0 saturated carbocycles. The number of ether oxygens (including phenoxy) is 2. The number of benzene rings is 1. The summed E-state index contributed by atoms with van der Waals surface area (Å²) >= 11 is 0. The molecule has 1 saturated heterocycles. The molecule has 0 aliphatic carbocycles. The predicted octanol–water partition coefficient (Wildman–Crippen LogP) is 2.36. The number of amides is 2. The molecular weight excluding hydrogens is 336 g/mol. The van der Waals surface area contributed by atoms with E-state index in [2.05, 4.69) is 5.32 Å². The number of carbonyl (C=O) groups excluding carboxylic acids is 3. The number of nitrogens with zero attached hydrogens (tertiary/aromatic N) is 1. The van der Waals surface area contributed by atoms with E-state index in [9.17, 15) is 14.4 Å². The number of anilines is 1. The molecule has 0 radical (unpaired) electrons. The Bertz CT molecular complexity index is 647. The third kappa shape index (κ3) is 5.47. The van der Waals surface area contributed by atoms with Crippen molar-refractivity contribution in [2.45, 2.75) is 45.6 Å². The van der Waals surface area contributed by atoms with Gasteiger partial charge in [-0.3, -0.25) is 9.59 Å². The first-order valence-electron chi connectivity index (χ1n) is 9.04. The smallest absolute Gasteiger partial charge is 0.344 e. The summed E-state index contributed by atoms with van der Waals surface area (Å²) in [5, 5.41) is 2.84. The van der Waals surface area contributed by atoms with Crippen LogP contribution < -0.4 is 10.1 Å². The summed E-state index contributed by atoms with van der Waals surface area (Å²) in [6.07, 6.45) is 2.90. The Labute approximate surface area is 153 Å². The fraction of sp³-hybridized carbons (Fsp3) is 0.526. The second-order valence-corrected chi connectivity index (χ2v) is 6.06. The summed E-state index contributed by atoms with van der Waals surface area (Å²) in [4.78, 5) is 37.7. The van der Waals surface area contributed by atoms with E-state index in [0.29, 0.717) is 37.4 Å². The topological polar surface area (TPSA) is 84.9 Å². The lowest BCUT2D eigenvalue weighted by Gasteiger charge is -2.34. The molecule has 1 atom stereocenters. The van der Waals surface area contributed by atoms with E-state index < -0.39 is 12.0 Å². The molecule has 1 aromatic carbocycles. The van der Waals surface area contributed by atoms with Gasteiger partial charge in [0.2, 0.25) is 11.8 Å². The van der Waals surface area contributed by atoms with Gasteiger partial charge >= 0.3 is 5.97 Å². The lowest BCUT2D eigenvalue weighted by Crippen LogP contribution is -2.49. The van der Waals surface area contributed by atoms with Crippen LogP contribution in [0.1, 0.15) is 39.5 Å². The van der Waals surface area contributed by atoms with E-state index in [1.807, 2.05) is 0 Å². The second-order valence-electron chi connectivity index (χ2n) is 6.06. The monoisotopic (exact) mass is 362 g/mol. The Morgan fingerprint density at radius 1 is 1.23 bits per heavy atom. The van der Waals surface area contributed by atoms with Crippen molar-refractivity contribution in [3.05, 3.63) is 24.3 Å². The van der Waals surface area contributed by atoms with Crippen molar-refractivity contribution in [2.75, 3.05) is 25.1 Å². The van der Waals surface area contributed by atoms with Gasteiger partial charge < -0.3 is 19.7 Å². The SMILES string of the molecule is CCOC(=O)COc1cccc(NC(=O)C2CCCCN2C(=O)CC)c1. The minimum absolute atomic E-state index is 0.00336. The zero-order valence-corrected chi connectivity index (χ0v) is 15.3.